The first-order valence-corrected chi connectivity index (χ1v) is 17.6. The van der Waals surface area contributed by atoms with Crippen LogP contribution in [0.3, 0.4) is 0 Å². The van der Waals surface area contributed by atoms with Crippen LogP contribution in [0, 0.1) is 0 Å². The van der Waals surface area contributed by atoms with Crippen LogP contribution in [0.15, 0.2) is 72.8 Å². The summed E-state index contributed by atoms with van der Waals surface area (Å²) in [6.07, 6.45) is 5.03. The van der Waals surface area contributed by atoms with Gasteiger partial charge in [-0.1, -0.05) is 87.4 Å². The number of aliphatic hydroxyl groups is 4. The second-order valence-electron chi connectivity index (χ2n) is 12.2. The van der Waals surface area contributed by atoms with Gasteiger partial charge in [-0.3, -0.25) is 0 Å². The Morgan fingerprint density at radius 3 is 1.24 bits per heavy atom. The van der Waals surface area contributed by atoms with E-state index in [1.165, 1.54) is 0 Å². The normalized spacial score (nSPS) is 12.8. The minimum atomic E-state index is -0.949. The molecule has 0 radical (unpaired) electrons. The first kappa shape index (κ1) is 36.2. The van der Waals surface area contributed by atoms with Crippen molar-refractivity contribution < 1.29 is 39.4 Å². The highest BCUT2D eigenvalue weighted by Gasteiger charge is 2.50. The van der Waals surface area contributed by atoms with Gasteiger partial charge < -0.3 is 39.4 Å². The maximum Gasteiger partial charge on any atom is 0.131 e. The van der Waals surface area contributed by atoms with Crippen molar-refractivity contribution in [1.29, 1.82) is 0 Å². The Kier molecular flexibility index (Phi) is 13.0. The first-order valence-electron chi connectivity index (χ1n) is 17.6. The maximum atomic E-state index is 10.1. The van der Waals surface area contributed by atoms with Crippen molar-refractivity contribution in [1.82, 2.24) is 0 Å². The lowest BCUT2D eigenvalue weighted by Crippen LogP contribution is -2.31. The number of aliphatic hydroxyl groups excluding tert-OH is 4. The number of benzene rings is 4. The molecule has 0 aliphatic heterocycles. The molecule has 0 bridgehead atoms. The predicted molar refractivity (Wildman–Crippen MR) is 191 cm³/mol. The van der Waals surface area contributed by atoms with E-state index in [0.29, 0.717) is 35.8 Å². The third-order valence-corrected chi connectivity index (χ3v) is 9.13. The molecule has 0 fully saturated rings. The van der Waals surface area contributed by atoms with Gasteiger partial charge in [-0.05, 0) is 60.1 Å². The van der Waals surface area contributed by atoms with Crippen LogP contribution in [0.5, 0.6) is 23.0 Å². The molecule has 0 atom stereocenters. The van der Waals surface area contributed by atoms with E-state index in [1.54, 1.807) is 0 Å². The molecule has 0 unspecified atom stereocenters. The van der Waals surface area contributed by atoms with Gasteiger partial charge >= 0.3 is 0 Å². The van der Waals surface area contributed by atoms with E-state index in [9.17, 15) is 20.4 Å². The van der Waals surface area contributed by atoms with Gasteiger partial charge in [0.05, 0.1) is 31.8 Å². The van der Waals surface area contributed by atoms with E-state index in [0.717, 1.165) is 70.2 Å². The quantitative estimate of drug-likeness (QED) is 0.0772. The molecule has 8 heteroatoms. The summed E-state index contributed by atoms with van der Waals surface area (Å²) in [7, 11) is 0. The minimum absolute atomic E-state index is 0.0819. The van der Waals surface area contributed by atoms with Gasteiger partial charge in [-0.25, -0.2) is 0 Å². The molecule has 4 N–H and O–H groups in total. The molecule has 262 valence electrons. The summed E-state index contributed by atoms with van der Waals surface area (Å²) in [6.45, 7) is 4.15. The summed E-state index contributed by atoms with van der Waals surface area (Å²) in [5, 5.41) is 39.4. The molecule has 8 nitrogen and oxygen atoms in total. The van der Waals surface area contributed by atoms with Crippen molar-refractivity contribution in [3.8, 4) is 34.1 Å². The van der Waals surface area contributed by atoms with Crippen LogP contribution in [0.2, 0.25) is 0 Å². The van der Waals surface area contributed by atoms with Crippen LogP contribution in [-0.4, -0.2) is 73.3 Å². The van der Waals surface area contributed by atoms with Gasteiger partial charge in [0, 0.05) is 22.3 Å². The van der Waals surface area contributed by atoms with E-state index in [4.69, 9.17) is 18.9 Å². The Morgan fingerprint density at radius 2 is 0.857 bits per heavy atom. The molecular weight excluding hydrogens is 620 g/mol. The summed E-state index contributed by atoms with van der Waals surface area (Å²) in [5.41, 5.74) is 6.85. The zero-order valence-electron chi connectivity index (χ0n) is 28.7. The standard InChI is InChI=1S/C41H50O8/c1-3-5-11-31-37(46-25-21-42)19-17-35(39(31)48-27-23-44)41(33-15-9-7-13-29(33)30-14-8-10-16-34(30)41)36-18-20-38(47-26-22-43)32(12-6-4-2)40(36)49-28-24-45/h7-10,13-20,42-45H,3-6,11-12,21-28H2,1-2H3. The van der Waals surface area contributed by atoms with Gasteiger partial charge in [0.2, 0.25) is 0 Å². The Morgan fingerprint density at radius 1 is 0.469 bits per heavy atom. The van der Waals surface area contributed by atoms with Crippen LogP contribution in [0.25, 0.3) is 11.1 Å². The molecule has 4 aromatic rings. The monoisotopic (exact) mass is 670 g/mol. The predicted octanol–water partition coefficient (Wildman–Crippen LogP) is 6.22. The first-order chi connectivity index (χ1) is 24.1. The summed E-state index contributed by atoms with van der Waals surface area (Å²) in [4.78, 5) is 0. The molecule has 5 rings (SSSR count). The largest absolute Gasteiger partial charge is 0.491 e. The average Bonchev–Trinajstić information content (AvgIpc) is 3.43. The van der Waals surface area contributed by atoms with Gasteiger partial charge in [0.15, 0.2) is 0 Å². The van der Waals surface area contributed by atoms with Crippen molar-refractivity contribution in [2.24, 2.45) is 0 Å². The number of hydrogen-bond acceptors (Lipinski definition) is 8. The lowest BCUT2D eigenvalue weighted by atomic mass is 9.66. The van der Waals surface area contributed by atoms with Gasteiger partial charge in [-0.2, -0.15) is 0 Å². The van der Waals surface area contributed by atoms with E-state index in [-0.39, 0.29) is 52.9 Å². The van der Waals surface area contributed by atoms with E-state index >= 15 is 0 Å². The highest BCUT2D eigenvalue weighted by molar-refractivity contribution is 5.88. The molecule has 0 saturated heterocycles. The number of hydrogen-bond donors (Lipinski definition) is 4. The molecule has 0 spiro atoms. The minimum Gasteiger partial charge on any atom is -0.491 e. The lowest BCUT2D eigenvalue weighted by Gasteiger charge is -2.37. The number of unbranched alkanes of at least 4 members (excludes halogenated alkanes) is 2. The molecular formula is C41H50O8. The van der Waals surface area contributed by atoms with Gasteiger partial charge in [0.25, 0.3) is 0 Å². The summed E-state index contributed by atoms with van der Waals surface area (Å²) in [6, 6.07) is 24.8. The topological polar surface area (TPSA) is 118 Å². The number of ether oxygens (including phenoxy) is 4. The smallest absolute Gasteiger partial charge is 0.131 e. The van der Waals surface area contributed by atoms with Crippen molar-refractivity contribution >= 4 is 0 Å². The van der Waals surface area contributed by atoms with Crippen molar-refractivity contribution in [3.05, 3.63) is 106 Å². The van der Waals surface area contributed by atoms with E-state index < -0.39 is 5.41 Å². The van der Waals surface area contributed by atoms with Crippen molar-refractivity contribution in [2.75, 3.05) is 52.9 Å². The Balaban J connectivity index is 1.96. The third-order valence-electron chi connectivity index (χ3n) is 9.13. The van der Waals surface area contributed by atoms with Crippen molar-refractivity contribution in [2.45, 2.75) is 57.8 Å². The molecule has 49 heavy (non-hydrogen) atoms. The fourth-order valence-corrected chi connectivity index (χ4v) is 7.16. The zero-order chi connectivity index (χ0) is 34.6. The van der Waals surface area contributed by atoms with Crippen LogP contribution < -0.4 is 18.9 Å². The second kappa shape index (κ2) is 17.5. The zero-order valence-corrected chi connectivity index (χ0v) is 28.7. The van der Waals surface area contributed by atoms with Crippen LogP contribution in [0.4, 0.5) is 0 Å². The maximum absolute atomic E-state index is 10.1. The fraction of sp³-hybridized carbons (Fsp3) is 0.415. The molecule has 1 aliphatic rings. The van der Waals surface area contributed by atoms with Gasteiger partial charge in [-0.15, -0.1) is 0 Å². The second-order valence-corrected chi connectivity index (χ2v) is 12.2. The fourth-order valence-electron chi connectivity index (χ4n) is 7.16. The highest BCUT2D eigenvalue weighted by Crippen LogP contribution is 2.61. The molecule has 0 heterocycles. The summed E-state index contributed by atoms with van der Waals surface area (Å²) in [5.74, 6) is 2.55. The Hall–Kier alpha value is -4.08. The van der Waals surface area contributed by atoms with E-state index in [2.05, 4.69) is 62.4 Å². The summed E-state index contributed by atoms with van der Waals surface area (Å²) < 4.78 is 25.4. The van der Waals surface area contributed by atoms with Crippen LogP contribution in [-0.2, 0) is 18.3 Å². The number of fused-ring (bicyclic) bond motifs is 3. The summed E-state index contributed by atoms with van der Waals surface area (Å²) >= 11 is 0. The molecule has 0 aromatic heterocycles. The lowest BCUT2D eigenvalue weighted by molar-refractivity contribution is 0.189. The third kappa shape index (κ3) is 7.15. The molecule has 1 aliphatic carbocycles. The Labute approximate surface area is 289 Å². The molecule has 0 saturated carbocycles. The Bertz CT molecular complexity index is 1540. The molecule has 4 aromatic carbocycles. The average molecular weight is 671 g/mol. The molecule has 0 amide bonds. The number of rotatable bonds is 20. The van der Waals surface area contributed by atoms with Crippen molar-refractivity contribution in [3.63, 3.8) is 0 Å². The highest BCUT2D eigenvalue weighted by atomic mass is 16.5. The van der Waals surface area contributed by atoms with Crippen LogP contribution >= 0.6 is 0 Å². The SMILES string of the molecule is CCCCc1c(OCCO)ccc(C2(c3ccc(OCCO)c(CCCC)c3OCCO)c3ccccc3-c3ccccc32)c1OCCO. The van der Waals surface area contributed by atoms with E-state index in [1.807, 2.05) is 24.3 Å². The van der Waals surface area contributed by atoms with Gasteiger partial charge in [0.1, 0.15) is 49.4 Å². The van der Waals surface area contributed by atoms with Crippen LogP contribution in [0.1, 0.15) is 72.9 Å².